The molecule has 156 valence electrons. The predicted octanol–water partition coefficient (Wildman–Crippen LogP) is 3.12. The van der Waals surface area contributed by atoms with E-state index in [0.717, 1.165) is 24.7 Å². The van der Waals surface area contributed by atoms with E-state index in [4.69, 9.17) is 16.3 Å². The van der Waals surface area contributed by atoms with Crippen LogP contribution in [-0.2, 0) is 31.4 Å². The number of anilines is 1. The minimum Gasteiger partial charge on any atom is -0.381 e. The fourth-order valence-corrected chi connectivity index (χ4v) is 4.61. The second kappa shape index (κ2) is 9.15. The second-order valence-electron chi connectivity index (χ2n) is 7.36. The zero-order valence-corrected chi connectivity index (χ0v) is 17.9. The Morgan fingerprint density at radius 1 is 1.10 bits per heavy atom. The van der Waals surface area contributed by atoms with E-state index in [1.165, 1.54) is 0 Å². The van der Waals surface area contributed by atoms with Crippen LogP contribution in [0.3, 0.4) is 0 Å². The van der Waals surface area contributed by atoms with Gasteiger partial charge < -0.3 is 10.1 Å². The molecule has 0 aliphatic carbocycles. The molecule has 8 heteroatoms. The summed E-state index contributed by atoms with van der Waals surface area (Å²) < 4.78 is 31.1. The van der Waals surface area contributed by atoms with Crippen molar-refractivity contribution in [1.82, 2.24) is 5.32 Å². The molecule has 1 amide bonds. The van der Waals surface area contributed by atoms with E-state index in [-0.39, 0.29) is 17.7 Å². The fourth-order valence-electron chi connectivity index (χ4n) is 3.67. The standard InChI is InChI=1S/C21H25ClN2O4S/c1-29(26,27)24-19-9-5-2-6-16(19)14-20(25)23-15-21(10-12-28-13-11-21)17-7-3-4-8-18(17)22/h2-9,24H,10-15H2,1H3,(H,23,25). The molecule has 29 heavy (non-hydrogen) atoms. The van der Waals surface area contributed by atoms with Gasteiger partial charge in [-0.15, -0.1) is 0 Å². The lowest BCUT2D eigenvalue weighted by Crippen LogP contribution is -2.45. The quantitative estimate of drug-likeness (QED) is 0.698. The number of rotatable bonds is 7. The van der Waals surface area contributed by atoms with E-state index < -0.39 is 10.0 Å². The first-order valence-electron chi connectivity index (χ1n) is 9.44. The molecule has 2 aromatic carbocycles. The highest BCUT2D eigenvalue weighted by atomic mass is 35.5. The third kappa shape index (κ3) is 5.72. The molecule has 0 aromatic heterocycles. The maximum Gasteiger partial charge on any atom is 0.229 e. The van der Waals surface area contributed by atoms with Gasteiger partial charge in [0.15, 0.2) is 0 Å². The average Bonchev–Trinajstić information content (AvgIpc) is 2.68. The van der Waals surface area contributed by atoms with Crippen LogP contribution >= 0.6 is 11.6 Å². The third-order valence-electron chi connectivity index (χ3n) is 5.18. The zero-order chi connectivity index (χ0) is 20.9. The highest BCUT2D eigenvalue weighted by Gasteiger charge is 2.36. The summed E-state index contributed by atoms with van der Waals surface area (Å²) in [4.78, 5) is 12.7. The van der Waals surface area contributed by atoms with Gasteiger partial charge in [0.1, 0.15) is 0 Å². The lowest BCUT2D eigenvalue weighted by Gasteiger charge is -2.38. The van der Waals surface area contributed by atoms with Gasteiger partial charge >= 0.3 is 0 Å². The first kappa shape index (κ1) is 21.6. The van der Waals surface area contributed by atoms with E-state index >= 15 is 0 Å². The first-order valence-corrected chi connectivity index (χ1v) is 11.7. The number of hydrogen-bond donors (Lipinski definition) is 2. The van der Waals surface area contributed by atoms with Gasteiger partial charge in [0, 0.05) is 30.2 Å². The van der Waals surface area contributed by atoms with Crippen LogP contribution in [0.2, 0.25) is 5.02 Å². The summed E-state index contributed by atoms with van der Waals surface area (Å²) in [6.45, 7) is 1.67. The molecule has 0 saturated carbocycles. The summed E-state index contributed by atoms with van der Waals surface area (Å²) in [5.74, 6) is -0.175. The Bertz CT molecular complexity index is 972. The molecule has 1 saturated heterocycles. The number of sulfonamides is 1. The van der Waals surface area contributed by atoms with Gasteiger partial charge in [-0.05, 0) is 36.1 Å². The van der Waals surface area contributed by atoms with Crippen LogP contribution in [0.1, 0.15) is 24.0 Å². The molecule has 1 aliphatic heterocycles. The van der Waals surface area contributed by atoms with Crippen LogP contribution < -0.4 is 10.0 Å². The maximum atomic E-state index is 12.7. The Balaban J connectivity index is 1.73. The van der Waals surface area contributed by atoms with Crippen molar-refractivity contribution in [3.8, 4) is 0 Å². The Morgan fingerprint density at radius 3 is 2.45 bits per heavy atom. The van der Waals surface area contributed by atoms with Gasteiger partial charge in [0.05, 0.1) is 18.4 Å². The normalized spacial score (nSPS) is 16.2. The monoisotopic (exact) mass is 436 g/mol. The van der Waals surface area contributed by atoms with E-state index in [1.807, 2.05) is 24.3 Å². The van der Waals surface area contributed by atoms with Crippen molar-refractivity contribution in [2.45, 2.75) is 24.7 Å². The number of carbonyl (C=O) groups excluding carboxylic acids is 1. The number of halogens is 1. The van der Waals surface area contributed by atoms with Crippen molar-refractivity contribution in [2.75, 3.05) is 30.7 Å². The van der Waals surface area contributed by atoms with E-state index in [1.54, 1.807) is 24.3 Å². The molecule has 1 heterocycles. The predicted molar refractivity (Wildman–Crippen MR) is 115 cm³/mol. The van der Waals surface area contributed by atoms with Crippen molar-refractivity contribution in [2.24, 2.45) is 0 Å². The first-order chi connectivity index (χ1) is 13.8. The molecule has 2 N–H and O–H groups in total. The third-order valence-corrected chi connectivity index (χ3v) is 6.10. The van der Waals surface area contributed by atoms with Gasteiger partial charge in [-0.1, -0.05) is 48.0 Å². The Hall–Kier alpha value is -2.09. The minimum absolute atomic E-state index is 0.0772. The van der Waals surface area contributed by atoms with Gasteiger partial charge in [0.2, 0.25) is 15.9 Å². The number of nitrogens with one attached hydrogen (secondary N) is 2. The molecule has 1 aliphatic rings. The van der Waals surface area contributed by atoms with E-state index in [9.17, 15) is 13.2 Å². The Kier molecular flexibility index (Phi) is 6.82. The molecule has 1 fully saturated rings. The molecule has 6 nitrogen and oxygen atoms in total. The SMILES string of the molecule is CS(=O)(=O)Nc1ccccc1CC(=O)NCC1(c2ccccc2Cl)CCOCC1. The minimum atomic E-state index is -3.43. The summed E-state index contributed by atoms with van der Waals surface area (Å²) in [5, 5.41) is 3.71. The largest absolute Gasteiger partial charge is 0.381 e. The molecule has 0 spiro atoms. The summed E-state index contributed by atoms with van der Waals surface area (Å²) in [6, 6.07) is 14.6. The molecular weight excluding hydrogens is 412 g/mol. The van der Waals surface area contributed by atoms with Crippen molar-refractivity contribution < 1.29 is 17.9 Å². The molecule has 2 aromatic rings. The van der Waals surface area contributed by atoms with Crippen LogP contribution in [0, 0.1) is 0 Å². The lowest BCUT2D eigenvalue weighted by molar-refractivity contribution is -0.120. The maximum absolute atomic E-state index is 12.7. The number of amides is 1. The van der Waals surface area contributed by atoms with Crippen LogP contribution in [-0.4, -0.2) is 40.3 Å². The number of para-hydroxylation sites is 1. The van der Waals surface area contributed by atoms with Crippen LogP contribution in [0.25, 0.3) is 0 Å². The summed E-state index contributed by atoms with van der Waals surface area (Å²) in [6.07, 6.45) is 2.70. The Morgan fingerprint density at radius 2 is 1.76 bits per heavy atom. The van der Waals surface area contributed by atoms with Gasteiger partial charge in [-0.2, -0.15) is 0 Å². The van der Waals surface area contributed by atoms with Crippen molar-refractivity contribution >= 4 is 33.2 Å². The van der Waals surface area contributed by atoms with Crippen LogP contribution in [0.5, 0.6) is 0 Å². The zero-order valence-electron chi connectivity index (χ0n) is 16.3. The van der Waals surface area contributed by atoms with Gasteiger partial charge in [-0.25, -0.2) is 8.42 Å². The lowest BCUT2D eigenvalue weighted by atomic mass is 9.74. The van der Waals surface area contributed by atoms with Crippen LogP contribution in [0.15, 0.2) is 48.5 Å². The summed E-state index contributed by atoms with van der Waals surface area (Å²) in [5.41, 5.74) is 1.77. The number of benzene rings is 2. The van der Waals surface area contributed by atoms with Crippen molar-refractivity contribution in [1.29, 1.82) is 0 Å². The molecule has 0 bridgehead atoms. The van der Waals surface area contributed by atoms with Gasteiger partial charge in [0.25, 0.3) is 0 Å². The molecular formula is C21H25ClN2O4S. The molecule has 0 atom stereocenters. The molecule has 0 radical (unpaired) electrons. The van der Waals surface area contributed by atoms with E-state index in [0.29, 0.717) is 36.0 Å². The fraction of sp³-hybridized carbons (Fsp3) is 0.381. The summed E-state index contributed by atoms with van der Waals surface area (Å²) >= 11 is 6.46. The number of ether oxygens (including phenoxy) is 1. The van der Waals surface area contributed by atoms with Crippen molar-refractivity contribution in [3.05, 3.63) is 64.7 Å². The molecule has 3 rings (SSSR count). The summed E-state index contributed by atoms with van der Waals surface area (Å²) in [7, 11) is -3.43. The number of carbonyl (C=O) groups is 1. The van der Waals surface area contributed by atoms with Crippen LogP contribution in [0.4, 0.5) is 5.69 Å². The topological polar surface area (TPSA) is 84.5 Å². The Labute approximate surface area is 176 Å². The molecule has 0 unspecified atom stereocenters. The highest BCUT2D eigenvalue weighted by molar-refractivity contribution is 7.92. The highest BCUT2D eigenvalue weighted by Crippen LogP contribution is 2.38. The second-order valence-corrected chi connectivity index (χ2v) is 9.51. The van der Waals surface area contributed by atoms with Crippen molar-refractivity contribution in [3.63, 3.8) is 0 Å². The average molecular weight is 437 g/mol. The number of hydrogen-bond acceptors (Lipinski definition) is 4. The van der Waals surface area contributed by atoms with E-state index in [2.05, 4.69) is 10.0 Å². The van der Waals surface area contributed by atoms with Gasteiger partial charge in [-0.3, -0.25) is 9.52 Å². The smallest absolute Gasteiger partial charge is 0.229 e.